The molecule has 20 heavy (non-hydrogen) atoms. The third kappa shape index (κ3) is 3.68. The molecule has 0 saturated heterocycles. The van der Waals surface area contributed by atoms with Crippen molar-refractivity contribution < 1.29 is 4.39 Å². The predicted molar refractivity (Wildman–Crippen MR) is 85.1 cm³/mol. The maximum absolute atomic E-state index is 13.0. The lowest BCUT2D eigenvalue weighted by molar-refractivity contribution is 0.455. The van der Waals surface area contributed by atoms with Crippen LogP contribution in [-0.2, 0) is 0 Å². The van der Waals surface area contributed by atoms with Gasteiger partial charge in [-0.3, -0.25) is 0 Å². The zero-order valence-electron chi connectivity index (χ0n) is 11.7. The monoisotopic (exact) mass is 335 g/mol. The van der Waals surface area contributed by atoms with E-state index >= 15 is 0 Å². The van der Waals surface area contributed by atoms with Crippen LogP contribution >= 0.6 is 15.9 Å². The summed E-state index contributed by atoms with van der Waals surface area (Å²) in [6.07, 6.45) is 0.959. The van der Waals surface area contributed by atoms with Crippen LogP contribution in [0.1, 0.15) is 43.5 Å². The van der Waals surface area contributed by atoms with Gasteiger partial charge >= 0.3 is 0 Å². The normalized spacial score (nSPS) is 14.0. The fourth-order valence-electron chi connectivity index (χ4n) is 2.36. The average Bonchev–Trinajstić information content (AvgIpc) is 2.46. The molecule has 2 rings (SSSR count). The summed E-state index contributed by atoms with van der Waals surface area (Å²) in [7, 11) is 0. The van der Waals surface area contributed by atoms with Crippen LogP contribution in [0.4, 0.5) is 4.39 Å². The Balaban J connectivity index is 2.14. The third-order valence-corrected chi connectivity index (χ3v) is 4.23. The van der Waals surface area contributed by atoms with Gasteiger partial charge in [-0.25, -0.2) is 4.39 Å². The Morgan fingerprint density at radius 3 is 2.35 bits per heavy atom. The molecule has 3 heteroatoms. The molecule has 2 atom stereocenters. The molecule has 0 bridgehead atoms. The maximum Gasteiger partial charge on any atom is 0.123 e. The first-order valence-electron chi connectivity index (χ1n) is 6.87. The second-order valence-corrected chi connectivity index (χ2v) is 5.78. The summed E-state index contributed by atoms with van der Waals surface area (Å²) >= 11 is 3.58. The summed E-state index contributed by atoms with van der Waals surface area (Å²) in [5, 5.41) is 3.61. The summed E-state index contributed by atoms with van der Waals surface area (Å²) in [5.74, 6) is -0.192. The van der Waals surface area contributed by atoms with Crippen LogP contribution < -0.4 is 5.32 Å². The van der Waals surface area contributed by atoms with Gasteiger partial charge in [0.15, 0.2) is 0 Å². The van der Waals surface area contributed by atoms with Gasteiger partial charge in [-0.05, 0) is 42.7 Å². The fraction of sp³-hybridized carbons (Fsp3) is 0.294. The highest BCUT2D eigenvalue weighted by molar-refractivity contribution is 9.10. The largest absolute Gasteiger partial charge is 0.303 e. The predicted octanol–water partition coefficient (Wildman–Crippen LogP) is 5.39. The van der Waals surface area contributed by atoms with Crippen LogP contribution in [0.5, 0.6) is 0 Å². The molecule has 0 aromatic heterocycles. The Morgan fingerprint density at radius 2 is 1.75 bits per heavy atom. The Kier molecular flexibility index (Phi) is 5.32. The zero-order valence-corrected chi connectivity index (χ0v) is 13.3. The quantitative estimate of drug-likeness (QED) is 0.772. The molecular formula is C17H19BrFN. The van der Waals surface area contributed by atoms with E-state index in [4.69, 9.17) is 0 Å². The van der Waals surface area contributed by atoms with Crippen molar-refractivity contribution in [2.75, 3.05) is 0 Å². The summed E-state index contributed by atoms with van der Waals surface area (Å²) in [5.41, 5.74) is 2.35. The van der Waals surface area contributed by atoms with Gasteiger partial charge < -0.3 is 5.32 Å². The lowest BCUT2D eigenvalue weighted by Crippen LogP contribution is -2.24. The molecule has 0 radical (unpaired) electrons. The second-order valence-electron chi connectivity index (χ2n) is 4.92. The van der Waals surface area contributed by atoms with Gasteiger partial charge in [0.25, 0.3) is 0 Å². The number of halogens is 2. The minimum atomic E-state index is -0.192. The molecular weight excluding hydrogens is 317 g/mol. The lowest BCUT2D eigenvalue weighted by Gasteiger charge is -2.24. The minimum Gasteiger partial charge on any atom is -0.303 e. The molecule has 2 aromatic rings. The summed E-state index contributed by atoms with van der Waals surface area (Å²) in [6, 6.07) is 15.4. The van der Waals surface area contributed by atoms with Gasteiger partial charge in [-0.15, -0.1) is 0 Å². The van der Waals surface area contributed by atoms with Gasteiger partial charge in [0.05, 0.1) is 0 Å². The fourth-order valence-corrected chi connectivity index (χ4v) is 2.99. The molecule has 1 unspecified atom stereocenters. The standard InChI is InChI=1S/C17H19BrFN/c1-3-17(13-8-10-14(19)11-9-13)20-12(2)15-6-4-5-7-16(15)18/h4-12,17,20H,3H2,1-2H3/t12-,17?/m1/s1. The highest BCUT2D eigenvalue weighted by atomic mass is 79.9. The first-order valence-corrected chi connectivity index (χ1v) is 7.67. The second kappa shape index (κ2) is 7.00. The Morgan fingerprint density at radius 1 is 1.10 bits per heavy atom. The van der Waals surface area contributed by atoms with Gasteiger partial charge in [0, 0.05) is 16.6 Å². The minimum absolute atomic E-state index is 0.192. The molecule has 0 aliphatic carbocycles. The number of hydrogen-bond donors (Lipinski definition) is 1. The number of nitrogens with one attached hydrogen (secondary N) is 1. The lowest BCUT2D eigenvalue weighted by atomic mass is 10.0. The molecule has 0 saturated carbocycles. The smallest absolute Gasteiger partial charge is 0.123 e. The van der Waals surface area contributed by atoms with Crippen LogP contribution in [0.15, 0.2) is 53.0 Å². The molecule has 106 valence electrons. The van der Waals surface area contributed by atoms with Crippen LogP contribution in [0, 0.1) is 5.82 Å². The van der Waals surface area contributed by atoms with Crippen molar-refractivity contribution >= 4 is 15.9 Å². The molecule has 0 fully saturated rings. The van der Waals surface area contributed by atoms with E-state index in [0.717, 1.165) is 16.5 Å². The first kappa shape index (κ1) is 15.2. The summed E-state index contributed by atoms with van der Waals surface area (Å²) in [6.45, 7) is 4.28. The molecule has 0 heterocycles. The van der Waals surface area contributed by atoms with E-state index in [1.54, 1.807) is 0 Å². The van der Waals surface area contributed by atoms with Crippen LogP contribution in [0.25, 0.3) is 0 Å². The molecule has 2 aromatic carbocycles. The Bertz CT molecular complexity index is 553. The SMILES string of the molecule is CCC(N[C@H](C)c1ccccc1Br)c1ccc(F)cc1. The van der Waals surface area contributed by atoms with E-state index in [1.807, 2.05) is 30.3 Å². The molecule has 0 spiro atoms. The highest BCUT2D eigenvalue weighted by Gasteiger charge is 2.15. The van der Waals surface area contributed by atoms with Crippen molar-refractivity contribution in [1.82, 2.24) is 5.32 Å². The number of rotatable bonds is 5. The van der Waals surface area contributed by atoms with Crippen molar-refractivity contribution in [3.05, 3.63) is 69.9 Å². The van der Waals surface area contributed by atoms with Gasteiger partial charge in [0.1, 0.15) is 5.82 Å². The molecule has 0 amide bonds. The van der Waals surface area contributed by atoms with Crippen LogP contribution in [-0.4, -0.2) is 0 Å². The third-order valence-electron chi connectivity index (χ3n) is 3.50. The topological polar surface area (TPSA) is 12.0 Å². The van der Waals surface area contributed by atoms with Crippen molar-refractivity contribution in [2.45, 2.75) is 32.4 Å². The van der Waals surface area contributed by atoms with E-state index < -0.39 is 0 Å². The zero-order chi connectivity index (χ0) is 14.5. The van der Waals surface area contributed by atoms with Crippen LogP contribution in [0.3, 0.4) is 0 Å². The average molecular weight is 336 g/mol. The van der Waals surface area contributed by atoms with E-state index in [1.165, 1.54) is 17.7 Å². The molecule has 0 aliphatic rings. The van der Waals surface area contributed by atoms with Gasteiger partial charge in [-0.2, -0.15) is 0 Å². The van der Waals surface area contributed by atoms with Crippen molar-refractivity contribution in [3.63, 3.8) is 0 Å². The molecule has 0 aliphatic heterocycles. The Labute approximate surface area is 128 Å². The summed E-state index contributed by atoms with van der Waals surface area (Å²) in [4.78, 5) is 0. The van der Waals surface area contributed by atoms with Crippen molar-refractivity contribution in [3.8, 4) is 0 Å². The molecule has 1 N–H and O–H groups in total. The number of hydrogen-bond acceptors (Lipinski definition) is 1. The van der Waals surface area contributed by atoms with E-state index in [0.29, 0.717) is 0 Å². The molecule has 1 nitrogen and oxygen atoms in total. The van der Waals surface area contributed by atoms with Crippen LogP contribution in [0.2, 0.25) is 0 Å². The van der Waals surface area contributed by atoms with E-state index in [2.05, 4.69) is 41.2 Å². The number of benzene rings is 2. The van der Waals surface area contributed by atoms with Crippen molar-refractivity contribution in [2.24, 2.45) is 0 Å². The van der Waals surface area contributed by atoms with Gasteiger partial charge in [0.2, 0.25) is 0 Å². The van der Waals surface area contributed by atoms with E-state index in [-0.39, 0.29) is 17.9 Å². The van der Waals surface area contributed by atoms with Gasteiger partial charge in [-0.1, -0.05) is 53.2 Å². The Hall–Kier alpha value is -1.19. The highest BCUT2D eigenvalue weighted by Crippen LogP contribution is 2.26. The first-order chi connectivity index (χ1) is 9.61. The van der Waals surface area contributed by atoms with Crippen molar-refractivity contribution in [1.29, 1.82) is 0 Å². The maximum atomic E-state index is 13.0. The van der Waals surface area contributed by atoms with E-state index in [9.17, 15) is 4.39 Å². The summed E-state index contributed by atoms with van der Waals surface area (Å²) < 4.78 is 14.1.